The Kier molecular flexibility index (Phi) is 4.01. The molecule has 2 heterocycles. The molecule has 2 aliphatic heterocycles. The van der Waals surface area contributed by atoms with Gasteiger partial charge >= 0.3 is 0 Å². The zero-order valence-electron chi connectivity index (χ0n) is 12.4. The van der Waals surface area contributed by atoms with Crippen molar-refractivity contribution in [3.63, 3.8) is 0 Å². The fourth-order valence-corrected chi connectivity index (χ4v) is 3.35. The van der Waals surface area contributed by atoms with Gasteiger partial charge < -0.3 is 20.1 Å². The zero-order valence-corrected chi connectivity index (χ0v) is 12.4. The Balaban J connectivity index is 1.86. The number of rotatable bonds is 3. The van der Waals surface area contributed by atoms with Crippen LogP contribution in [0.3, 0.4) is 0 Å². The van der Waals surface area contributed by atoms with Gasteiger partial charge in [-0.2, -0.15) is 0 Å². The Labute approximate surface area is 125 Å². The number of amides is 1. The summed E-state index contributed by atoms with van der Waals surface area (Å²) in [7, 11) is 0. The second kappa shape index (κ2) is 5.93. The largest absolute Gasteiger partial charge is 0.490 e. The molecule has 5 heteroatoms. The van der Waals surface area contributed by atoms with E-state index in [4.69, 9.17) is 15.2 Å². The highest BCUT2D eigenvalue weighted by atomic mass is 16.5. The first-order valence-corrected chi connectivity index (χ1v) is 7.71. The molecule has 0 spiro atoms. The number of hydrogen-bond donors (Lipinski definition) is 2. The van der Waals surface area contributed by atoms with Crippen molar-refractivity contribution in [3.05, 3.63) is 23.8 Å². The average Bonchev–Trinajstić information content (AvgIpc) is 2.84. The van der Waals surface area contributed by atoms with Gasteiger partial charge in [-0.15, -0.1) is 0 Å². The van der Waals surface area contributed by atoms with Crippen LogP contribution in [0.4, 0.5) is 0 Å². The fraction of sp³-hybridized carbons (Fsp3) is 0.562. The summed E-state index contributed by atoms with van der Waals surface area (Å²) in [6.07, 6.45) is 3.10. The van der Waals surface area contributed by atoms with Crippen molar-refractivity contribution in [2.24, 2.45) is 5.73 Å². The summed E-state index contributed by atoms with van der Waals surface area (Å²) in [5.74, 6) is 1.41. The summed E-state index contributed by atoms with van der Waals surface area (Å²) in [6, 6.07) is 6.31. The Morgan fingerprint density at radius 1 is 1.29 bits per heavy atom. The van der Waals surface area contributed by atoms with Gasteiger partial charge in [0.25, 0.3) is 5.91 Å². The topological polar surface area (TPSA) is 66.0 Å². The van der Waals surface area contributed by atoms with Crippen LogP contribution in [0.2, 0.25) is 0 Å². The lowest BCUT2D eigenvalue weighted by molar-refractivity contribution is -0.932. The number of carbonyl (C=O) groups excluding carboxylic acids is 1. The van der Waals surface area contributed by atoms with Crippen molar-refractivity contribution in [3.8, 4) is 11.5 Å². The van der Waals surface area contributed by atoms with E-state index in [0.29, 0.717) is 19.3 Å². The number of primary amides is 1. The van der Waals surface area contributed by atoms with Crippen molar-refractivity contribution >= 4 is 5.91 Å². The van der Waals surface area contributed by atoms with Crippen LogP contribution < -0.4 is 20.1 Å². The first-order valence-electron chi connectivity index (χ1n) is 7.71. The predicted octanol–water partition coefficient (Wildman–Crippen LogP) is 0.442. The molecular weight excluding hydrogens is 268 g/mol. The molecule has 0 aliphatic carbocycles. The Bertz CT molecular complexity index is 532. The lowest BCUT2D eigenvalue weighted by Gasteiger charge is -2.26. The van der Waals surface area contributed by atoms with Crippen LogP contribution in [0.1, 0.15) is 37.8 Å². The number of nitrogens with one attached hydrogen (secondary N) is 1. The molecule has 0 bridgehead atoms. The van der Waals surface area contributed by atoms with Gasteiger partial charge in [0.15, 0.2) is 17.5 Å². The van der Waals surface area contributed by atoms with Gasteiger partial charge in [-0.3, -0.25) is 4.79 Å². The molecule has 1 unspecified atom stereocenters. The normalized spacial score (nSPS) is 26.1. The predicted molar refractivity (Wildman–Crippen MR) is 78.5 cm³/mol. The van der Waals surface area contributed by atoms with E-state index >= 15 is 0 Å². The van der Waals surface area contributed by atoms with Gasteiger partial charge in [-0.05, 0) is 25.1 Å². The van der Waals surface area contributed by atoms with Crippen LogP contribution in [0.25, 0.3) is 0 Å². The molecule has 0 saturated carbocycles. The van der Waals surface area contributed by atoms with E-state index in [-0.39, 0.29) is 11.9 Å². The van der Waals surface area contributed by atoms with E-state index in [1.54, 1.807) is 0 Å². The number of fused-ring (bicyclic) bond motifs is 1. The molecule has 1 amide bonds. The van der Waals surface area contributed by atoms with Crippen molar-refractivity contribution in [1.82, 2.24) is 0 Å². The first kappa shape index (κ1) is 14.2. The number of carbonyl (C=O) groups is 1. The number of nitrogens with two attached hydrogens (primary N) is 1. The van der Waals surface area contributed by atoms with E-state index in [9.17, 15) is 4.79 Å². The van der Waals surface area contributed by atoms with Gasteiger partial charge in [-0.1, -0.05) is 0 Å². The molecule has 114 valence electrons. The van der Waals surface area contributed by atoms with Gasteiger partial charge in [0.2, 0.25) is 0 Å². The Hall–Kier alpha value is -1.75. The monoisotopic (exact) mass is 291 g/mol. The number of ether oxygens (including phenoxy) is 2. The SMILES string of the molecule is C[C@H](C(N)=O)[NH+]1CCC[C@@H]1c1ccc2c(c1)OCCCO2. The number of hydrogen-bond acceptors (Lipinski definition) is 3. The highest BCUT2D eigenvalue weighted by Crippen LogP contribution is 2.33. The first-order chi connectivity index (χ1) is 10.2. The van der Waals surface area contributed by atoms with E-state index < -0.39 is 0 Å². The van der Waals surface area contributed by atoms with Gasteiger partial charge in [0.05, 0.1) is 19.8 Å². The summed E-state index contributed by atoms with van der Waals surface area (Å²) >= 11 is 0. The minimum Gasteiger partial charge on any atom is -0.490 e. The van der Waals surface area contributed by atoms with Gasteiger partial charge in [0, 0.05) is 24.8 Å². The maximum atomic E-state index is 11.5. The van der Waals surface area contributed by atoms with E-state index in [0.717, 1.165) is 37.3 Å². The van der Waals surface area contributed by atoms with Gasteiger partial charge in [-0.25, -0.2) is 0 Å². The molecule has 0 radical (unpaired) electrons. The van der Waals surface area contributed by atoms with Gasteiger partial charge in [0.1, 0.15) is 6.04 Å². The summed E-state index contributed by atoms with van der Waals surface area (Å²) < 4.78 is 11.4. The van der Waals surface area contributed by atoms with Crippen LogP contribution in [0, 0.1) is 0 Å². The molecule has 2 aliphatic rings. The van der Waals surface area contributed by atoms with Crippen LogP contribution >= 0.6 is 0 Å². The molecule has 3 N–H and O–H groups in total. The molecule has 1 aromatic rings. The number of benzene rings is 1. The van der Waals surface area contributed by atoms with Crippen LogP contribution in [0.15, 0.2) is 18.2 Å². The van der Waals surface area contributed by atoms with E-state index in [1.807, 2.05) is 13.0 Å². The quantitative estimate of drug-likeness (QED) is 0.849. The molecular formula is C16H23N2O3+. The number of likely N-dealkylation sites (tertiary alicyclic amines) is 1. The lowest BCUT2D eigenvalue weighted by atomic mass is 10.0. The molecule has 3 rings (SSSR count). The summed E-state index contributed by atoms with van der Waals surface area (Å²) in [4.78, 5) is 12.8. The Morgan fingerprint density at radius 2 is 2.05 bits per heavy atom. The van der Waals surface area contributed by atoms with E-state index in [1.165, 1.54) is 10.5 Å². The summed E-state index contributed by atoms with van der Waals surface area (Å²) in [6.45, 7) is 4.30. The zero-order chi connectivity index (χ0) is 14.8. The summed E-state index contributed by atoms with van der Waals surface area (Å²) in [5, 5.41) is 0. The molecule has 5 nitrogen and oxygen atoms in total. The molecule has 3 atom stereocenters. The van der Waals surface area contributed by atoms with Crippen molar-refractivity contribution < 1.29 is 19.2 Å². The highest BCUT2D eigenvalue weighted by molar-refractivity contribution is 5.77. The minimum absolute atomic E-state index is 0.159. The lowest BCUT2D eigenvalue weighted by Crippen LogP contribution is -3.15. The third-order valence-corrected chi connectivity index (χ3v) is 4.56. The second-order valence-electron chi connectivity index (χ2n) is 5.90. The molecule has 1 fully saturated rings. The summed E-state index contributed by atoms with van der Waals surface area (Å²) in [5.41, 5.74) is 6.69. The van der Waals surface area contributed by atoms with Crippen LogP contribution in [-0.4, -0.2) is 31.7 Å². The molecule has 1 saturated heterocycles. The van der Waals surface area contributed by atoms with E-state index in [2.05, 4.69) is 12.1 Å². The average molecular weight is 291 g/mol. The fourth-order valence-electron chi connectivity index (χ4n) is 3.35. The molecule has 1 aromatic carbocycles. The van der Waals surface area contributed by atoms with Crippen molar-refractivity contribution in [2.45, 2.75) is 38.3 Å². The van der Waals surface area contributed by atoms with Crippen molar-refractivity contribution in [1.29, 1.82) is 0 Å². The Morgan fingerprint density at radius 3 is 2.81 bits per heavy atom. The second-order valence-corrected chi connectivity index (χ2v) is 5.90. The molecule has 0 aromatic heterocycles. The molecule has 21 heavy (non-hydrogen) atoms. The minimum atomic E-state index is -0.230. The maximum Gasteiger partial charge on any atom is 0.275 e. The maximum absolute atomic E-state index is 11.5. The highest BCUT2D eigenvalue weighted by Gasteiger charge is 2.36. The standard InChI is InChI=1S/C16H22N2O3/c1-11(16(17)19)18-7-2-4-13(18)12-5-6-14-15(10-12)21-9-3-8-20-14/h5-6,10-11,13H,2-4,7-9H2,1H3,(H2,17,19)/p+1/t11-,13-/m1/s1. The van der Waals surface area contributed by atoms with Crippen molar-refractivity contribution in [2.75, 3.05) is 19.8 Å². The smallest absolute Gasteiger partial charge is 0.275 e. The third kappa shape index (κ3) is 2.83. The third-order valence-electron chi connectivity index (χ3n) is 4.56. The van der Waals surface area contributed by atoms with Crippen LogP contribution in [0.5, 0.6) is 11.5 Å². The number of quaternary nitrogens is 1. The van der Waals surface area contributed by atoms with Crippen LogP contribution in [-0.2, 0) is 4.79 Å².